The quantitative estimate of drug-likeness (QED) is 0.569. The fourth-order valence-electron chi connectivity index (χ4n) is 2.54. The molecular formula is C13H18F6N2O3. The molecule has 1 heterocycles. The van der Waals surface area contributed by atoms with Gasteiger partial charge in [-0.1, -0.05) is 0 Å². The maximum absolute atomic E-state index is 12.4. The summed E-state index contributed by atoms with van der Waals surface area (Å²) in [5.41, 5.74) is -0.610. The Kier molecular flexibility index (Phi) is 5.99. The van der Waals surface area contributed by atoms with E-state index in [9.17, 15) is 35.9 Å². The van der Waals surface area contributed by atoms with Gasteiger partial charge in [-0.05, 0) is 26.7 Å². The third-order valence-corrected chi connectivity index (χ3v) is 4.07. The normalized spacial score (nSPS) is 18.5. The Morgan fingerprint density at radius 3 is 2.00 bits per heavy atom. The van der Waals surface area contributed by atoms with Crippen LogP contribution >= 0.6 is 0 Å². The smallest absolute Gasteiger partial charge is 0.426 e. The van der Waals surface area contributed by atoms with Gasteiger partial charge in [0.15, 0.2) is 0 Å². The highest BCUT2D eigenvalue weighted by molar-refractivity contribution is 5.68. The first-order valence-electron chi connectivity index (χ1n) is 7.16. The molecule has 0 spiro atoms. The van der Waals surface area contributed by atoms with E-state index in [4.69, 9.17) is 0 Å². The summed E-state index contributed by atoms with van der Waals surface area (Å²) < 4.78 is 78.1. The fourth-order valence-corrected chi connectivity index (χ4v) is 2.54. The zero-order valence-corrected chi connectivity index (χ0v) is 13.1. The Balaban J connectivity index is 2.73. The Morgan fingerprint density at radius 1 is 1.21 bits per heavy atom. The second kappa shape index (κ2) is 7.06. The number of piperidine rings is 1. The molecule has 24 heavy (non-hydrogen) atoms. The van der Waals surface area contributed by atoms with E-state index in [1.165, 1.54) is 4.90 Å². The standard InChI is InChI=1S/C13H18F6N2O3/c1-3-21(8-22)11(2)4-6-20(7-5-11)10(23)24-9(12(14,15)16)13(17,18)19/h8-9H,3-7H2,1-2H3. The van der Waals surface area contributed by atoms with Gasteiger partial charge in [0.1, 0.15) is 0 Å². The van der Waals surface area contributed by atoms with Crippen molar-refractivity contribution in [3.8, 4) is 0 Å². The van der Waals surface area contributed by atoms with E-state index < -0.39 is 30.1 Å². The summed E-state index contributed by atoms with van der Waals surface area (Å²) >= 11 is 0. The molecule has 0 aromatic carbocycles. The van der Waals surface area contributed by atoms with Crippen molar-refractivity contribution in [2.75, 3.05) is 19.6 Å². The van der Waals surface area contributed by atoms with Crippen molar-refractivity contribution in [1.29, 1.82) is 0 Å². The minimum Gasteiger partial charge on any atom is -0.426 e. The van der Waals surface area contributed by atoms with Crippen LogP contribution < -0.4 is 0 Å². The maximum atomic E-state index is 12.4. The van der Waals surface area contributed by atoms with Crippen molar-refractivity contribution in [2.24, 2.45) is 0 Å². The summed E-state index contributed by atoms with van der Waals surface area (Å²) in [5.74, 6) is 0. The Morgan fingerprint density at radius 2 is 1.67 bits per heavy atom. The SMILES string of the molecule is CCN(C=O)C1(C)CCN(C(=O)OC(C(F)(F)F)C(F)(F)F)CC1. The van der Waals surface area contributed by atoms with Gasteiger partial charge in [-0.2, -0.15) is 26.3 Å². The van der Waals surface area contributed by atoms with E-state index in [1.807, 2.05) is 0 Å². The molecule has 0 atom stereocenters. The number of likely N-dealkylation sites (tertiary alicyclic amines) is 1. The number of hydrogen-bond donors (Lipinski definition) is 0. The van der Waals surface area contributed by atoms with Gasteiger partial charge in [0.25, 0.3) is 6.10 Å². The molecule has 0 aliphatic carbocycles. The predicted molar refractivity (Wildman–Crippen MR) is 70.0 cm³/mol. The number of halogens is 6. The highest BCUT2D eigenvalue weighted by Crippen LogP contribution is 2.36. The van der Waals surface area contributed by atoms with Crippen molar-refractivity contribution in [1.82, 2.24) is 9.80 Å². The number of nitrogens with zero attached hydrogens (tertiary/aromatic N) is 2. The zero-order valence-electron chi connectivity index (χ0n) is 13.1. The van der Waals surface area contributed by atoms with E-state index in [-0.39, 0.29) is 25.9 Å². The lowest BCUT2D eigenvalue weighted by Gasteiger charge is -2.44. The van der Waals surface area contributed by atoms with Crippen LogP contribution in [0.2, 0.25) is 0 Å². The van der Waals surface area contributed by atoms with E-state index in [2.05, 4.69) is 4.74 Å². The molecule has 0 unspecified atom stereocenters. The molecule has 0 radical (unpaired) electrons. The average molecular weight is 364 g/mol. The summed E-state index contributed by atoms with van der Waals surface area (Å²) in [5, 5.41) is 0. The first-order valence-corrected chi connectivity index (χ1v) is 7.16. The number of carbonyl (C=O) groups excluding carboxylic acids is 2. The Labute approximate surface area is 134 Å². The second-order valence-electron chi connectivity index (χ2n) is 5.72. The average Bonchev–Trinajstić information content (AvgIpc) is 2.44. The highest BCUT2D eigenvalue weighted by atomic mass is 19.4. The molecule has 2 amide bonds. The Bertz CT molecular complexity index is 444. The van der Waals surface area contributed by atoms with Crippen LogP contribution in [0.1, 0.15) is 26.7 Å². The molecule has 1 rings (SSSR count). The first kappa shape index (κ1) is 20.4. The lowest BCUT2D eigenvalue weighted by molar-refractivity contribution is -0.308. The lowest BCUT2D eigenvalue weighted by Crippen LogP contribution is -2.55. The molecule has 0 N–H and O–H groups in total. The van der Waals surface area contributed by atoms with E-state index in [1.54, 1.807) is 13.8 Å². The molecule has 0 aromatic heterocycles. The summed E-state index contributed by atoms with van der Waals surface area (Å²) in [6.45, 7) is 3.65. The van der Waals surface area contributed by atoms with E-state index in [0.29, 0.717) is 13.0 Å². The maximum Gasteiger partial charge on any atom is 0.434 e. The van der Waals surface area contributed by atoms with Gasteiger partial charge < -0.3 is 14.5 Å². The molecule has 1 fully saturated rings. The molecule has 1 saturated heterocycles. The lowest BCUT2D eigenvalue weighted by atomic mass is 9.88. The van der Waals surface area contributed by atoms with Crippen LogP contribution in [0.4, 0.5) is 31.1 Å². The minimum absolute atomic E-state index is 0.109. The Hall–Kier alpha value is -1.68. The number of carbonyl (C=O) groups is 2. The fraction of sp³-hybridized carbons (Fsp3) is 0.846. The zero-order chi connectivity index (χ0) is 18.8. The van der Waals surface area contributed by atoms with Gasteiger partial charge in [-0.15, -0.1) is 0 Å². The topological polar surface area (TPSA) is 49.9 Å². The molecule has 0 bridgehead atoms. The molecule has 140 valence electrons. The van der Waals surface area contributed by atoms with Gasteiger partial charge in [0.05, 0.1) is 0 Å². The van der Waals surface area contributed by atoms with Gasteiger partial charge in [0.2, 0.25) is 6.41 Å². The van der Waals surface area contributed by atoms with Crippen molar-refractivity contribution in [3.05, 3.63) is 0 Å². The summed E-state index contributed by atoms with van der Waals surface area (Å²) in [7, 11) is 0. The minimum atomic E-state index is -5.74. The van der Waals surface area contributed by atoms with Crippen LogP contribution in [0.5, 0.6) is 0 Å². The second-order valence-corrected chi connectivity index (χ2v) is 5.72. The summed E-state index contributed by atoms with van der Waals surface area (Å²) in [6, 6.07) is 0. The third kappa shape index (κ3) is 4.67. The van der Waals surface area contributed by atoms with Gasteiger partial charge in [-0.25, -0.2) is 4.79 Å². The molecule has 0 aromatic rings. The molecule has 5 nitrogen and oxygen atoms in total. The number of amides is 2. The molecular weight excluding hydrogens is 346 g/mol. The van der Waals surface area contributed by atoms with Crippen LogP contribution in [0.25, 0.3) is 0 Å². The van der Waals surface area contributed by atoms with Crippen molar-refractivity contribution < 1.29 is 40.7 Å². The van der Waals surface area contributed by atoms with Crippen molar-refractivity contribution in [2.45, 2.75) is 50.7 Å². The number of alkyl halides is 6. The van der Waals surface area contributed by atoms with Gasteiger partial charge in [-0.3, -0.25) is 4.79 Å². The van der Waals surface area contributed by atoms with Crippen molar-refractivity contribution in [3.63, 3.8) is 0 Å². The van der Waals surface area contributed by atoms with Crippen LogP contribution in [0.15, 0.2) is 0 Å². The molecule has 11 heteroatoms. The molecule has 0 saturated carbocycles. The van der Waals surface area contributed by atoms with Crippen molar-refractivity contribution >= 4 is 12.5 Å². The largest absolute Gasteiger partial charge is 0.434 e. The van der Waals surface area contributed by atoms with Crippen LogP contribution in [-0.4, -0.2) is 65.9 Å². The van der Waals surface area contributed by atoms with Crippen LogP contribution in [0.3, 0.4) is 0 Å². The van der Waals surface area contributed by atoms with Gasteiger partial charge in [0, 0.05) is 25.2 Å². The summed E-state index contributed by atoms with van der Waals surface area (Å²) in [6.07, 6.45) is -16.3. The van der Waals surface area contributed by atoms with Gasteiger partial charge >= 0.3 is 18.4 Å². The predicted octanol–water partition coefficient (Wildman–Crippen LogP) is 2.95. The monoisotopic (exact) mass is 364 g/mol. The molecule has 1 aliphatic heterocycles. The summed E-state index contributed by atoms with van der Waals surface area (Å²) in [4.78, 5) is 24.9. The number of ether oxygens (including phenoxy) is 1. The third-order valence-electron chi connectivity index (χ3n) is 4.07. The van der Waals surface area contributed by atoms with Crippen LogP contribution in [-0.2, 0) is 9.53 Å². The number of rotatable bonds is 4. The first-order chi connectivity index (χ1) is 10.8. The van der Waals surface area contributed by atoms with Crippen LogP contribution in [0, 0.1) is 0 Å². The molecule has 1 aliphatic rings. The highest BCUT2D eigenvalue weighted by Gasteiger charge is 2.60. The van der Waals surface area contributed by atoms with E-state index >= 15 is 0 Å². The van der Waals surface area contributed by atoms with E-state index in [0.717, 1.165) is 4.90 Å². The number of hydrogen-bond acceptors (Lipinski definition) is 3.